The number of nitrogens with zero attached hydrogens (tertiary/aromatic N) is 1. The average Bonchev–Trinajstić information content (AvgIpc) is 2.61. The predicted octanol–water partition coefficient (Wildman–Crippen LogP) is 1.99. The van der Waals surface area contributed by atoms with Gasteiger partial charge in [0.1, 0.15) is 18.5 Å². The third kappa shape index (κ3) is 8.42. The Morgan fingerprint density at radius 1 is 1.24 bits per heavy atom. The zero-order valence-corrected chi connectivity index (χ0v) is 16.3. The molecule has 0 spiro atoms. The molecule has 2 rings (SSSR count). The minimum absolute atomic E-state index is 0.261. The van der Waals surface area contributed by atoms with Crippen molar-refractivity contribution in [3.8, 4) is 5.75 Å². The summed E-state index contributed by atoms with van der Waals surface area (Å²) in [6.45, 7) is 9.45. The number of thioether (sulfide) groups is 1. The molecule has 0 bridgehead atoms. The van der Waals surface area contributed by atoms with Crippen molar-refractivity contribution < 1.29 is 14.6 Å². The van der Waals surface area contributed by atoms with Gasteiger partial charge >= 0.3 is 0 Å². The molecule has 1 aliphatic heterocycles. The number of aliphatic hydroxyl groups excluding tert-OH is 1. The second-order valence-electron chi connectivity index (χ2n) is 6.58. The summed E-state index contributed by atoms with van der Waals surface area (Å²) in [5, 5.41) is 13.6. The van der Waals surface area contributed by atoms with Gasteiger partial charge in [0.2, 0.25) is 0 Å². The molecule has 0 aliphatic carbocycles. The van der Waals surface area contributed by atoms with Gasteiger partial charge in [-0.1, -0.05) is 18.2 Å². The summed E-state index contributed by atoms with van der Waals surface area (Å²) in [6.07, 6.45) is -0.194. The first-order valence-corrected chi connectivity index (χ1v) is 10.3. The summed E-state index contributed by atoms with van der Waals surface area (Å²) in [7, 11) is 0. The van der Waals surface area contributed by atoms with E-state index >= 15 is 0 Å². The van der Waals surface area contributed by atoms with Gasteiger partial charge in [0.05, 0.1) is 12.7 Å². The molecule has 1 aromatic carbocycles. The van der Waals surface area contributed by atoms with Gasteiger partial charge in [0, 0.05) is 49.8 Å². The third-order valence-corrected chi connectivity index (χ3v) is 4.96. The van der Waals surface area contributed by atoms with Crippen LogP contribution in [0.2, 0.25) is 0 Å². The normalized spacial score (nSPS) is 17.0. The standard InChI is InChI=1S/C19H32N2O3S/c1-16(2)23-10-7-20-13-17-5-3-4-6-19(17)24-15-18(22)14-21-8-11-25-12-9-21/h3-6,16,18,20,22H,7-15H2,1-2H3/t18-/m1/s1. The lowest BCUT2D eigenvalue weighted by Gasteiger charge is -2.28. The first-order chi connectivity index (χ1) is 12.1. The van der Waals surface area contributed by atoms with Crippen LogP contribution >= 0.6 is 11.8 Å². The number of rotatable bonds is 11. The predicted molar refractivity (Wildman–Crippen MR) is 105 cm³/mol. The van der Waals surface area contributed by atoms with Crippen molar-refractivity contribution in [2.75, 3.05) is 50.9 Å². The highest BCUT2D eigenvalue weighted by atomic mass is 32.2. The van der Waals surface area contributed by atoms with Gasteiger partial charge in [-0.3, -0.25) is 4.90 Å². The number of ether oxygens (including phenoxy) is 2. The van der Waals surface area contributed by atoms with Gasteiger partial charge < -0.3 is 19.9 Å². The minimum atomic E-state index is -0.455. The fourth-order valence-electron chi connectivity index (χ4n) is 2.70. The summed E-state index contributed by atoms with van der Waals surface area (Å²) in [5.74, 6) is 3.15. The number of β-amino-alcohol motifs (C(OH)–C–C–N with tert-alkyl or cyclic N) is 1. The third-order valence-electron chi connectivity index (χ3n) is 4.02. The quantitative estimate of drug-likeness (QED) is 0.583. The monoisotopic (exact) mass is 368 g/mol. The minimum Gasteiger partial charge on any atom is -0.491 e. The Balaban J connectivity index is 1.71. The molecule has 1 aliphatic rings. The van der Waals surface area contributed by atoms with Gasteiger partial charge in [-0.15, -0.1) is 0 Å². The van der Waals surface area contributed by atoms with E-state index in [1.54, 1.807) is 0 Å². The topological polar surface area (TPSA) is 54.0 Å². The molecule has 2 N–H and O–H groups in total. The number of para-hydroxylation sites is 1. The van der Waals surface area contributed by atoms with Gasteiger partial charge in [0.25, 0.3) is 0 Å². The molecule has 1 atom stereocenters. The van der Waals surface area contributed by atoms with Crippen LogP contribution in [0, 0.1) is 0 Å². The molecule has 0 unspecified atom stereocenters. The Morgan fingerprint density at radius 3 is 2.76 bits per heavy atom. The van der Waals surface area contributed by atoms with Crippen LogP contribution in [0.25, 0.3) is 0 Å². The van der Waals surface area contributed by atoms with Crippen LogP contribution in [0.1, 0.15) is 19.4 Å². The lowest BCUT2D eigenvalue weighted by molar-refractivity contribution is 0.0710. The van der Waals surface area contributed by atoms with Gasteiger partial charge in [0.15, 0.2) is 0 Å². The Morgan fingerprint density at radius 2 is 2.00 bits per heavy atom. The van der Waals surface area contributed by atoms with Gasteiger partial charge in [-0.2, -0.15) is 11.8 Å². The summed E-state index contributed by atoms with van der Waals surface area (Å²) >= 11 is 1.98. The number of benzene rings is 1. The van der Waals surface area contributed by atoms with Crippen molar-refractivity contribution in [3.05, 3.63) is 29.8 Å². The molecule has 0 saturated carbocycles. The van der Waals surface area contributed by atoms with Crippen LogP contribution in [0.3, 0.4) is 0 Å². The average molecular weight is 369 g/mol. The second-order valence-corrected chi connectivity index (χ2v) is 7.81. The second kappa shape index (κ2) is 11.8. The molecule has 0 aromatic heterocycles. The molecule has 1 saturated heterocycles. The number of hydrogen-bond donors (Lipinski definition) is 2. The van der Waals surface area contributed by atoms with E-state index in [0.717, 1.165) is 49.0 Å². The van der Waals surface area contributed by atoms with E-state index in [1.165, 1.54) is 0 Å². The Hall–Kier alpha value is -0.790. The number of hydrogen-bond acceptors (Lipinski definition) is 6. The summed E-state index contributed by atoms with van der Waals surface area (Å²) in [5.41, 5.74) is 1.11. The van der Waals surface area contributed by atoms with Crippen LogP contribution < -0.4 is 10.1 Å². The van der Waals surface area contributed by atoms with E-state index < -0.39 is 6.10 Å². The molecule has 25 heavy (non-hydrogen) atoms. The van der Waals surface area contributed by atoms with Crippen molar-refractivity contribution in [1.29, 1.82) is 0 Å². The molecule has 0 radical (unpaired) electrons. The van der Waals surface area contributed by atoms with Crippen molar-refractivity contribution in [1.82, 2.24) is 10.2 Å². The van der Waals surface area contributed by atoms with Crippen molar-refractivity contribution in [3.63, 3.8) is 0 Å². The van der Waals surface area contributed by atoms with Crippen LogP contribution in [-0.2, 0) is 11.3 Å². The highest BCUT2D eigenvalue weighted by Gasteiger charge is 2.15. The van der Waals surface area contributed by atoms with E-state index in [4.69, 9.17) is 9.47 Å². The molecule has 142 valence electrons. The molecule has 1 fully saturated rings. The van der Waals surface area contributed by atoms with Gasteiger partial charge in [-0.25, -0.2) is 0 Å². The largest absolute Gasteiger partial charge is 0.491 e. The first-order valence-electron chi connectivity index (χ1n) is 9.16. The fraction of sp³-hybridized carbons (Fsp3) is 0.684. The number of nitrogens with one attached hydrogen (secondary N) is 1. The van der Waals surface area contributed by atoms with Crippen LogP contribution in [0.5, 0.6) is 5.75 Å². The lowest BCUT2D eigenvalue weighted by atomic mass is 10.2. The maximum absolute atomic E-state index is 10.2. The van der Waals surface area contributed by atoms with E-state index in [1.807, 2.05) is 43.8 Å². The van der Waals surface area contributed by atoms with Gasteiger partial charge in [-0.05, 0) is 19.9 Å². The lowest BCUT2D eigenvalue weighted by Crippen LogP contribution is -2.40. The summed E-state index contributed by atoms with van der Waals surface area (Å²) in [6, 6.07) is 8.00. The molecule has 1 heterocycles. The smallest absolute Gasteiger partial charge is 0.123 e. The highest BCUT2D eigenvalue weighted by molar-refractivity contribution is 7.99. The van der Waals surface area contributed by atoms with E-state index in [9.17, 15) is 5.11 Å². The van der Waals surface area contributed by atoms with Crippen LogP contribution in [0.4, 0.5) is 0 Å². The van der Waals surface area contributed by atoms with Crippen LogP contribution in [-0.4, -0.2) is 73.1 Å². The molecule has 6 heteroatoms. The van der Waals surface area contributed by atoms with E-state index in [-0.39, 0.29) is 6.10 Å². The molecular weight excluding hydrogens is 336 g/mol. The SMILES string of the molecule is CC(C)OCCNCc1ccccc1OC[C@H](O)CN1CCSCC1. The first kappa shape index (κ1) is 20.5. The van der Waals surface area contributed by atoms with Crippen molar-refractivity contribution in [2.24, 2.45) is 0 Å². The van der Waals surface area contributed by atoms with Crippen molar-refractivity contribution in [2.45, 2.75) is 32.6 Å². The molecule has 0 amide bonds. The maximum atomic E-state index is 10.2. The van der Waals surface area contributed by atoms with E-state index in [0.29, 0.717) is 19.8 Å². The van der Waals surface area contributed by atoms with Crippen molar-refractivity contribution >= 4 is 11.8 Å². The maximum Gasteiger partial charge on any atom is 0.123 e. The zero-order chi connectivity index (χ0) is 17.9. The zero-order valence-electron chi connectivity index (χ0n) is 15.4. The Labute approximate surface area is 156 Å². The molecule has 5 nitrogen and oxygen atoms in total. The van der Waals surface area contributed by atoms with E-state index in [2.05, 4.69) is 16.3 Å². The molecular formula is C19H32N2O3S. The summed E-state index contributed by atoms with van der Waals surface area (Å²) in [4.78, 5) is 2.31. The number of aliphatic hydroxyl groups is 1. The Bertz CT molecular complexity index is 481. The summed E-state index contributed by atoms with van der Waals surface area (Å²) < 4.78 is 11.4. The highest BCUT2D eigenvalue weighted by Crippen LogP contribution is 2.18. The fourth-order valence-corrected chi connectivity index (χ4v) is 3.68. The Kier molecular flexibility index (Phi) is 9.65. The van der Waals surface area contributed by atoms with Crippen LogP contribution in [0.15, 0.2) is 24.3 Å². The molecule has 1 aromatic rings.